The average molecular weight is 415 g/mol. The SMILES string of the molecule is CCCCNC(=O)C(CC)N(Cc1cccc(OC)c1)C(=O)Cc1ccccc1F. The first-order valence-electron chi connectivity index (χ1n) is 10.4. The molecule has 0 spiro atoms. The number of hydrogen-bond donors (Lipinski definition) is 1. The summed E-state index contributed by atoms with van der Waals surface area (Å²) >= 11 is 0. The van der Waals surface area contributed by atoms with Gasteiger partial charge in [-0.1, -0.05) is 50.6 Å². The van der Waals surface area contributed by atoms with Crippen molar-refractivity contribution >= 4 is 11.8 Å². The summed E-state index contributed by atoms with van der Waals surface area (Å²) in [5, 5.41) is 2.92. The van der Waals surface area contributed by atoms with E-state index in [1.54, 1.807) is 30.2 Å². The zero-order valence-corrected chi connectivity index (χ0v) is 18.0. The van der Waals surface area contributed by atoms with E-state index in [1.807, 2.05) is 31.2 Å². The summed E-state index contributed by atoms with van der Waals surface area (Å²) in [5.41, 5.74) is 1.16. The van der Waals surface area contributed by atoms with E-state index in [0.717, 1.165) is 18.4 Å². The second-order valence-electron chi connectivity index (χ2n) is 7.21. The Bertz CT molecular complexity index is 841. The molecule has 1 N–H and O–H groups in total. The average Bonchev–Trinajstić information content (AvgIpc) is 2.75. The quantitative estimate of drug-likeness (QED) is 0.563. The fraction of sp³-hybridized carbons (Fsp3) is 0.417. The molecule has 162 valence electrons. The molecule has 2 amide bonds. The first-order valence-corrected chi connectivity index (χ1v) is 10.4. The Hall–Kier alpha value is -2.89. The van der Waals surface area contributed by atoms with Crippen molar-refractivity contribution in [3.8, 4) is 5.75 Å². The molecule has 0 aliphatic carbocycles. The Morgan fingerprint density at radius 3 is 2.57 bits per heavy atom. The molecule has 0 bridgehead atoms. The number of ether oxygens (including phenoxy) is 1. The number of carbonyl (C=O) groups excluding carboxylic acids is 2. The number of halogens is 1. The highest BCUT2D eigenvalue weighted by Gasteiger charge is 2.29. The Balaban J connectivity index is 2.28. The van der Waals surface area contributed by atoms with Crippen LogP contribution in [0.2, 0.25) is 0 Å². The van der Waals surface area contributed by atoms with E-state index in [1.165, 1.54) is 6.07 Å². The predicted molar refractivity (Wildman–Crippen MR) is 116 cm³/mol. The minimum absolute atomic E-state index is 0.102. The zero-order valence-electron chi connectivity index (χ0n) is 18.0. The molecule has 2 rings (SSSR count). The molecule has 0 saturated carbocycles. The minimum Gasteiger partial charge on any atom is -0.497 e. The van der Waals surface area contributed by atoms with Crippen LogP contribution in [0.25, 0.3) is 0 Å². The van der Waals surface area contributed by atoms with Crippen LogP contribution in [0.1, 0.15) is 44.2 Å². The maximum atomic E-state index is 14.1. The van der Waals surface area contributed by atoms with Crippen LogP contribution in [-0.4, -0.2) is 36.4 Å². The van der Waals surface area contributed by atoms with Crippen molar-refractivity contribution in [2.24, 2.45) is 0 Å². The second-order valence-corrected chi connectivity index (χ2v) is 7.21. The third-order valence-corrected chi connectivity index (χ3v) is 5.00. The van der Waals surface area contributed by atoms with Gasteiger partial charge in [-0.25, -0.2) is 4.39 Å². The van der Waals surface area contributed by atoms with Gasteiger partial charge in [-0.05, 0) is 42.2 Å². The summed E-state index contributed by atoms with van der Waals surface area (Å²) in [5.74, 6) is -0.224. The lowest BCUT2D eigenvalue weighted by Gasteiger charge is -2.31. The summed E-state index contributed by atoms with van der Waals surface area (Å²) in [6.07, 6.45) is 2.21. The molecule has 30 heavy (non-hydrogen) atoms. The molecule has 0 radical (unpaired) electrons. The molecular formula is C24H31FN2O3. The van der Waals surface area contributed by atoms with E-state index in [4.69, 9.17) is 4.74 Å². The van der Waals surface area contributed by atoms with Crippen LogP contribution in [0, 0.1) is 5.82 Å². The summed E-state index contributed by atoms with van der Waals surface area (Å²) in [6.45, 7) is 4.74. The number of amides is 2. The van der Waals surface area contributed by atoms with Gasteiger partial charge < -0.3 is 15.0 Å². The van der Waals surface area contributed by atoms with Crippen LogP contribution in [0.5, 0.6) is 5.75 Å². The van der Waals surface area contributed by atoms with Crippen molar-refractivity contribution in [3.05, 3.63) is 65.5 Å². The highest BCUT2D eigenvalue weighted by molar-refractivity contribution is 5.88. The standard InChI is InChI=1S/C24H31FN2O3/c1-4-6-14-26-24(29)22(5-2)27(17-18-10-9-12-20(15-18)30-3)23(28)16-19-11-7-8-13-21(19)25/h7-13,15,22H,4-6,14,16-17H2,1-3H3,(H,26,29). The van der Waals surface area contributed by atoms with Gasteiger partial charge in [0.2, 0.25) is 11.8 Å². The van der Waals surface area contributed by atoms with Gasteiger partial charge in [0, 0.05) is 13.1 Å². The van der Waals surface area contributed by atoms with Crippen LogP contribution < -0.4 is 10.1 Å². The molecule has 5 nitrogen and oxygen atoms in total. The summed E-state index contributed by atoms with van der Waals surface area (Å²) in [6, 6.07) is 13.0. The molecule has 0 heterocycles. The Kier molecular flexibility index (Phi) is 9.32. The second kappa shape index (κ2) is 12.0. The molecule has 1 atom stereocenters. The fourth-order valence-corrected chi connectivity index (χ4v) is 3.30. The molecule has 0 saturated heterocycles. The fourth-order valence-electron chi connectivity index (χ4n) is 3.30. The molecular weight excluding hydrogens is 383 g/mol. The zero-order chi connectivity index (χ0) is 21.9. The lowest BCUT2D eigenvalue weighted by atomic mass is 10.1. The van der Waals surface area contributed by atoms with Gasteiger partial charge in [-0.2, -0.15) is 0 Å². The van der Waals surface area contributed by atoms with E-state index in [2.05, 4.69) is 12.2 Å². The molecule has 0 aromatic heterocycles. The number of carbonyl (C=O) groups is 2. The third kappa shape index (κ3) is 6.58. The van der Waals surface area contributed by atoms with Gasteiger partial charge in [0.05, 0.1) is 13.5 Å². The van der Waals surface area contributed by atoms with Gasteiger partial charge in [0.25, 0.3) is 0 Å². The normalized spacial score (nSPS) is 11.6. The molecule has 2 aromatic rings. The van der Waals surface area contributed by atoms with E-state index in [-0.39, 0.29) is 24.8 Å². The number of unbranched alkanes of at least 4 members (excludes halogenated alkanes) is 1. The van der Waals surface area contributed by atoms with Crippen LogP contribution in [0.4, 0.5) is 4.39 Å². The smallest absolute Gasteiger partial charge is 0.242 e. The molecule has 1 unspecified atom stereocenters. The van der Waals surface area contributed by atoms with Crippen LogP contribution >= 0.6 is 0 Å². The predicted octanol–water partition coefficient (Wildman–Crippen LogP) is 4.10. The monoisotopic (exact) mass is 414 g/mol. The molecule has 0 aliphatic heterocycles. The van der Waals surface area contributed by atoms with Crippen molar-refractivity contribution in [1.29, 1.82) is 0 Å². The number of nitrogens with zero attached hydrogens (tertiary/aromatic N) is 1. The topological polar surface area (TPSA) is 58.6 Å². The van der Waals surface area contributed by atoms with Gasteiger partial charge in [0.1, 0.15) is 17.6 Å². The lowest BCUT2D eigenvalue weighted by Crippen LogP contribution is -2.49. The number of nitrogens with one attached hydrogen (secondary N) is 1. The van der Waals surface area contributed by atoms with Gasteiger partial charge in [-0.3, -0.25) is 9.59 Å². The van der Waals surface area contributed by atoms with Crippen molar-refractivity contribution in [2.75, 3.05) is 13.7 Å². The van der Waals surface area contributed by atoms with Crippen LogP contribution in [-0.2, 0) is 22.6 Å². The summed E-state index contributed by atoms with van der Waals surface area (Å²) in [7, 11) is 1.58. The third-order valence-electron chi connectivity index (χ3n) is 5.00. The van der Waals surface area contributed by atoms with Crippen LogP contribution in [0.15, 0.2) is 48.5 Å². The van der Waals surface area contributed by atoms with E-state index >= 15 is 0 Å². The number of hydrogen-bond acceptors (Lipinski definition) is 3. The molecule has 0 fully saturated rings. The van der Waals surface area contributed by atoms with E-state index < -0.39 is 11.9 Å². The minimum atomic E-state index is -0.632. The van der Waals surface area contributed by atoms with Crippen molar-refractivity contribution < 1.29 is 18.7 Å². The maximum absolute atomic E-state index is 14.1. The van der Waals surface area contributed by atoms with Crippen molar-refractivity contribution in [3.63, 3.8) is 0 Å². The molecule has 6 heteroatoms. The molecule has 2 aromatic carbocycles. The first kappa shape index (κ1) is 23.4. The largest absolute Gasteiger partial charge is 0.497 e. The summed E-state index contributed by atoms with van der Waals surface area (Å²) < 4.78 is 19.4. The van der Waals surface area contributed by atoms with E-state index in [9.17, 15) is 14.0 Å². The van der Waals surface area contributed by atoms with Gasteiger partial charge in [0.15, 0.2) is 0 Å². The molecule has 0 aliphatic rings. The highest BCUT2D eigenvalue weighted by Crippen LogP contribution is 2.19. The highest BCUT2D eigenvalue weighted by atomic mass is 19.1. The van der Waals surface area contributed by atoms with Crippen LogP contribution in [0.3, 0.4) is 0 Å². The summed E-state index contributed by atoms with van der Waals surface area (Å²) in [4.78, 5) is 27.6. The Labute approximate surface area is 178 Å². The van der Waals surface area contributed by atoms with Gasteiger partial charge in [-0.15, -0.1) is 0 Å². The number of rotatable bonds is 11. The number of methoxy groups -OCH3 is 1. The lowest BCUT2D eigenvalue weighted by molar-refractivity contribution is -0.141. The van der Waals surface area contributed by atoms with Crippen molar-refractivity contribution in [2.45, 2.75) is 52.1 Å². The first-order chi connectivity index (χ1) is 14.5. The number of benzene rings is 2. The van der Waals surface area contributed by atoms with Gasteiger partial charge >= 0.3 is 0 Å². The van der Waals surface area contributed by atoms with Crippen molar-refractivity contribution in [1.82, 2.24) is 10.2 Å². The van der Waals surface area contributed by atoms with E-state index in [0.29, 0.717) is 24.3 Å². The Morgan fingerprint density at radius 2 is 1.90 bits per heavy atom. The maximum Gasteiger partial charge on any atom is 0.242 e. The Morgan fingerprint density at radius 1 is 1.13 bits per heavy atom.